The molecule has 2 aromatic rings. The number of aromatic nitrogens is 1. The molecule has 0 aliphatic rings. The number of halogens is 2. The molecular weight excluding hydrogens is 236 g/mol. The van der Waals surface area contributed by atoms with Crippen LogP contribution in [0.5, 0.6) is 0 Å². The molecule has 92 valence electrons. The highest BCUT2D eigenvalue weighted by Crippen LogP contribution is 2.28. The van der Waals surface area contributed by atoms with Crippen LogP contribution < -0.4 is 5.73 Å². The summed E-state index contributed by atoms with van der Waals surface area (Å²) in [6.07, 6.45) is 0. The monoisotopic (exact) mass is 247 g/mol. The second-order valence-electron chi connectivity index (χ2n) is 4.05. The van der Waals surface area contributed by atoms with Crippen molar-refractivity contribution in [3.05, 3.63) is 46.7 Å². The number of hydrogen-bond donors (Lipinski definition) is 1. The number of nitrogen functional groups attached to an aromatic ring is 1. The number of nitrogens with two attached hydrogens (primary N) is 1. The van der Waals surface area contributed by atoms with Crippen molar-refractivity contribution in [1.82, 2.24) is 4.57 Å². The molecule has 1 heterocycles. The summed E-state index contributed by atoms with van der Waals surface area (Å²) >= 11 is 0. The predicted molar refractivity (Wildman–Crippen MR) is 64.3 cm³/mol. The molecule has 0 saturated heterocycles. The van der Waals surface area contributed by atoms with Crippen molar-refractivity contribution in [2.75, 3.05) is 5.73 Å². The lowest BCUT2D eigenvalue weighted by Crippen LogP contribution is -2.03. The van der Waals surface area contributed by atoms with Crippen LogP contribution in [-0.2, 0) is 0 Å². The van der Waals surface area contributed by atoms with E-state index >= 15 is 0 Å². The highest BCUT2D eigenvalue weighted by atomic mass is 19.1. The van der Waals surface area contributed by atoms with E-state index in [0.717, 1.165) is 6.07 Å². The first kappa shape index (κ1) is 12.1. The van der Waals surface area contributed by atoms with Crippen molar-refractivity contribution in [3.63, 3.8) is 0 Å². The Labute approximate surface area is 103 Å². The summed E-state index contributed by atoms with van der Waals surface area (Å²) < 4.78 is 27.9. The summed E-state index contributed by atoms with van der Waals surface area (Å²) in [6.45, 7) is 3.49. The molecule has 0 fully saturated rings. The maximum atomic E-state index is 13.2. The predicted octanol–water partition coefficient (Wildman–Crippen LogP) is 2.83. The SMILES string of the molecule is Cc1c(C#N)c(N)n(-c2cc(F)cc(F)c2)c1C. The van der Waals surface area contributed by atoms with Gasteiger partial charge < -0.3 is 5.73 Å². The number of rotatable bonds is 1. The Bertz CT molecular complexity index is 646. The Morgan fingerprint density at radius 2 is 1.72 bits per heavy atom. The van der Waals surface area contributed by atoms with Crippen LogP contribution >= 0.6 is 0 Å². The number of hydrogen-bond acceptors (Lipinski definition) is 2. The van der Waals surface area contributed by atoms with Gasteiger partial charge in [0.05, 0.1) is 11.3 Å². The van der Waals surface area contributed by atoms with E-state index in [-0.39, 0.29) is 11.5 Å². The molecule has 2 N–H and O–H groups in total. The Hall–Kier alpha value is -2.35. The maximum Gasteiger partial charge on any atom is 0.128 e. The van der Waals surface area contributed by atoms with Crippen molar-refractivity contribution < 1.29 is 8.78 Å². The molecule has 2 rings (SSSR count). The van der Waals surface area contributed by atoms with E-state index in [1.807, 2.05) is 6.07 Å². The third kappa shape index (κ3) is 1.72. The van der Waals surface area contributed by atoms with Gasteiger partial charge in [-0.15, -0.1) is 0 Å². The quantitative estimate of drug-likeness (QED) is 0.842. The molecule has 1 aromatic carbocycles. The molecule has 0 aliphatic carbocycles. The molecule has 0 atom stereocenters. The molecule has 0 radical (unpaired) electrons. The van der Waals surface area contributed by atoms with Gasteiger partial charge in [-0.2, -0.15) is 5.26 Å². The van der Waals surface area contributed by atoms with Crippen LogP contribution in [0.15, 0.2) is 18.2 Å². The van der Waals surface area contributed by atoms with Crippen molar-refractivity contribution >= 4 is 5.82 Å². The minimum atomic E-state index is -0.686. The number of nitriles is 1. The minimum absolute atomic E-state index is 0.192. The summed E-state index contributed by atoms with van der Waals surface area (Å²) in [7, 11) is 0. The van der Waals surface area contributed by atoms with Gasteiger partial charge in [-0.1, -0.05) is 0 Å². The molecule has 0 spiro atoms. The first-order valence-corrected chi connectivity index (χ1v) is 5.29. The average Bonchev–Trinajstić information content (AvgIpc) is 2.48. The summed E-state index contributed by atoms with van der Waals surface area (Å²) in [5.74, 6) is -1.18. The van der Waals surface area contributed by atoms with Gasteiger partial charge in [0.1, 0.15) is 23.5 Å². The molecule has 3 nitrogen and oxygen atoms in total. The molecule has 0 aliphatic heterocycles. The lowest BCUT2D eigenvalue weighted by molar-refractivity contribution is 0.581. The number of nitrogens with zero attached hydrogens (tertiary/aromatic N) is 2. The standard InChI is InChI=1S/C13H11F2N3/c1-7-8(2)18(13(17)12(7)6-16)11-4-9(14)3-10(15)5-11/h3-5H,17H2,1-2H3. The van der Waals surface area contributed by atoms with Gasteiger partial charge in [-0.25, -0.2) is 8.78 Å². The molecular formula is C13H11F2N3. The molecule has 1 aromatic heterocycles. The Morgan fingerprint density at radius 1 is 1.17 bits per heavy atom. The van der Waals surface area contributed by atoms with Gasteiger partial charge in [0.15, 0.2) is 0 Å². The van der Waals surface area contributed by atoms with Gasteiger partial charge in [0.2, 0.25) is 0 Å². The molecule has 0 unspecified atom stereocenters. The van der Waals surface area contributed by atoms with Gasteiger partial charge >= 0.3 is 0 Å². The van der Waals surface area contributed by atoms with E-state index < -0.39 is 11.6 Å². The fraction of sp³-hybridized carbons (Fsp3) is 0.154. The largest absolute Gasteiger partial charge is 0.384 e. The highest BCUT2D eigenvalue weighted by Gasteiger charge is 2.17. The van der Waals surface area contributed by atoms with E-state index in [9.17, 15) is 8.78 Å². The van der Waals surface area contributed by atoms with Crippen LogP contribution in [0.4, 0.5) is 14.6 Å². The molecule has 0 saturated carbocycles. The Balaban J connectivity index is 2.76. The van der Waals surface area contributed by atoms with Gasteiger partial charge in [-0.3, -0.25) is 4.57 Å². The normalized spacial score (nSPS) is 10.4. The molecule has 5 heteroatoms. The third-order valence-electron chi connectivity index (χ3n) is 2.97. The summed E-state index contributed by atoms with van der Waals surface area (Å²) in [4.78, 5) is 0. The Morgan fingerprint density at radius 3 is 2.17 bits per heavy atom. The fourth-order valence-electron chi connectivity index (χ4n) is 1.98. The highest BCUT2D eigenvalue weighted by molar-refractivity contribution is 5.62. The van der Waals surface area contributed by atoms with E-state index in [4.69, 9.17) is 11.0 Å². The fourth-order valence-corrected chi connectivity index (χ4v) is 1.98. The van der Waals surface area contributed by atoms with Crippen molar-refractivity contribution in [2.45, 2.75) is 13.8 Å². The number of benzene rings is 1. The lowest BCUT2D eigenvalue weighted by Gasteiger charge is -2.09. The zero-order valence-electron chi connectivity index (χ0n) is 9.96. The first-order chi connectivity index (χ1) is 8.45. The zero-order valence-corrected chi connectivity index (χ0v) is 9.96. The summed E-state index contributed by atoms with van der Waals surface area (Å²) in [5.41, 5.74) is 7.84. The minimum Gasteiger partial charge on any atom is -0.384 e. The van der Waals surface area contributed by atoms with Crippen molar-refractivity contribution in [1.29, 1.82) is 5.26 Å². The van der Waals surface area contributed by atoms with Crippen molar-refractivity contribution in [2.24, 2.45) is 0 Å². The van der Waals surface area contributed by atoms with Crippen LogP contribution in [0.25, 0.3) is 5.69 Å². The van der Waals surface area contributed by atoms with E-state index in [1.54, 1.807) is 13.8 Å². The smallest absolute Gasteiger partial charge is 0.128 e. The lowest BCUT2D eigenvalue weighted by atomic mass is 10.2. The zero-order chi connectivity index (χ0) is 13.4. The second-order valence-corrected chi connectivity index (χ2v) is 4.05. The van der Waals surface area contributed by atoms with Crippen LogP contribution in [0.2, 0.25) is 0 Å². The Kier molecular flexibility index (Phi) is 2.79. The number of anilines is 1. The van der Waals surface area contributed by atoms with Crippen LogP contribution in [0.3, 0.4) is 0 Å². The topological polar surface area (TPSA) is 54.7 Å². The maximum absolute atomic E-state index is 13.2. The van der Waals surface area contributed by atoms with Gasteiger partial charge in [-0.05, 0) is 31.5 Å². The summed E-state index contributed by atoms with van der Waals surface area (Å²) in [5, 5.41) is 9.00. The van der Waals surface area contributed by atoms with Crippen LogP contribution in [-0.4, -0.2) is 4.57 Å². The first-order valence-electron chi connectivity index (χ1n) is 5.29. The average molecular weight is 247 g/mol. The molecule has 18 heavy (non-hydrogen) atoms. The summed E-state index contributed by atoms with van der Waals surface area (Å²) in [6, 6.07) is 5.13. The van der Waals surface area contributed by atoms with E-state index in [0.29, 0.717) is 16.8 Å². The van der Waals surface area contributed by atoms with E-state index in [1.165, 1.54) is 16.7 Å². The van der Waals surface area contributed by atoms with E-state index in [2.05, 4.69) is 0 Å². The second kappa shape index (κ2) is 4.15. The molecule has 0 amide bonds. The van der Waals surface area contributed by atoms with Gasteiger partial charge in [0, 0.05) is 11.8 Å². The van der Waals surface area contributed by atoms with Crippen molar-refractivity contribution in [3.8, 4) is 11.8 Å². The van der Waals surface area contributed by atoms with Gasteiger partial charge in [0.25, 0.3) is 0 Å². The van der Waals surface area contributed by atoms with Crippen LogP contribution in [0.1, 0.15) is 16.8 Å². The van der Waals surface area contributed by atoms with Crippen LogP contribution in [0, 0.1) is 36.8 Å². The third-order valence-corrected chi connectivity index (χ3v) is 2.97. The molecule has 0 bridgehead atoms.